The van der Waals surface area contributed by atoms with Crippen molar-refractivity contribution in [3.63, 3.8) is 0 Å². The highest BCUT2D eigenvalue weighted by atomic mass is 16.1. The van der Waals surface area contributed by atoms with Crippen LogP contribution in [0.4, 0.5) is 5.69 Å². The van der Waals surface area contributed by atoms with Crippen molar-refractivity contribution >= 4 is 22.5 Å². The molecule has 1 aliphatic rings. The maximum Gasteiger partial charge on any atom is 0.269 e. The summed E-state index contributed by atoms with van der Waals surface area (Å²) in [6.07, 6.45) is 13.1. The molecule has 0 fully saturated rings. The fourth-order valence-corrected chi connectivity index (χ4v) is 3.87. The third-order valence-corrected chi connectivity index (χ3v) is 5.51. The summed E-state index contributed by atoms with van der Waals surface area (Å²) in [6.45, 7) is 1.49. The molecule has 4 rings (SSSR count). The Bertz CT molecular complexity index is 988. The summed E-state index contributed by atoms with van der Waals surface area (Å²) in [5, 5.41) is 7.57. The van der Waals surface area contributed by atoms with Crippen molar-refractivity contribution in [1.82, 2.24) is 15.3 Å². The lowest BCUT2D eigenvalue weighted by Crippen LogP contribution is -2.26. The zero-order valence-corrected chi connectivity index (χ0v) is 16.7. The number of pyridine rings is 1. The number of hydrogen-bond acceptors (Lipinski definition) is 3. The number of para-hydroxylation sites is 1. The minimum absolute atomic E-state index is 0.135. The van der Waals surface area contributed by atoms with Gasteiger partial charge in [-0.15, -0.1) is 0 Å². The van der Waals surface area contributed by atoms with Gasteiger partial charge in [0, 0.05) is 30.2 Å². The number of anilines is 1. The number of aromatic nitrogens is 2. The maximum atomic E-state index is 12.4. The Labute approximate surface area is 171 Å². The van der Waals surface area contributed by atoms with E-state index in [1.807, 2.05) is 24.4 Å². The first-order valence-electron chi connectivity index (χ1n) is 10.5. The number of hydrogen-bond donors (Lipinski definition) is 3. The Kier molecular flexibility index (Phi) is 6.25. The first kappa shape index (κ1) is 19.2. The second kappa shape index (κ2) is 9.41. The number of benzene rings is 1. The lowest BCUT2D eigenvalue weighted by atomic mass is 9.97. The van der Waals surface area contributed by atoms with Crippen molar-refractivity contribution in [2.24, 2.45) is 0 Å². The van der Waals surface area contributed by atoms with Crippen molar-refractivity contribution in [2.75, 3.05) is 18.4 Å². The monoisotopic (exact) mass is 388 g/mol. The number of allylic oxidation sites excluding steroid dienone is 1. The number of carbonyl (C=O) groups is 1. The van der Waals surface area contributed by atoms with Crippen molar-refractivity contribution in [3.05, 3.63) is 71.7 Å². The molecule has 29 heavy (non-hydrogen) atoms. The van der Waals surface area contributed by atoms with Crippen molar-refractivity contribution in [1.29, 1.82) is 0 Å². The minimum Gasteiger partial charge on any atom is -0.383 e. The minimum atomic E-state index is -0.135. The number of rotatable bonds is 8. The Morgan fingerprint density at radius 1 is 1.07 bits per heavy atom. The van der Waals surface area contributed by atoms with E-state index in [-0.39, 0.29) is 5.91 Å². The van der Waals surface area contributed by atoms with Crippen molar-refractivity contribution < 1.29 is 4.79 Å². The molecule has 0 radical (unpaired) electrons. The van der Waals surface area contributed by atoms with Crippen LogP contribution in [0.5, 0.6) is 0 Å². The molecule has 0 unspecified atom stereocenters. The highest BCUT2D eigenvalue weighted by Crippen LogP contribution is 2.20. The van der Waals surface area contributed by atoms with E-state index in [1.54, 1.807) is 17.8 Å². The fraction of sp³-hybridized carbons (Fsp3) is 0.333. The maximum absolute atomic E-state index is 12.4. The molecule has 3 N–H and O–H groups in total. The Morgan fingerprint density at radius 3 is 2.83 bits per heavy atom. The van der Waals surface area contributed by atoms with Crippen molar-refractivity contribution in [3.8, 4) is 0 Å². The average molecular weight is 389 g/mol. The van der Waals surface area contributed by atoms with Crippen LogP contribution in [0.15, 0.2) is 60.4 Å². The Morgan fingerprint density at radius 2 is 2.00 bits per heavy atom. The predicted molar refractivity (Wildman–Crippen MR) is 118 cm³/mol. The van der Waals surface area contributed by atoms with Crippen LogP contribution in [0.3, 0.4) is 0 Å². The van der Waals surface area contributed by atoms with Crippen LogP contribution in [-0.2, 0) is 6.42 Å². The average Bonchev–Trinajstić information content (AvgIpc) is 3.18. The van der Waals surface area contributed by atoms with Crippen molar-refractivity contribution in [2.45, 2.75) is 38.5 Å². The van der Waals surface area contributed by atoms with Gasteiger partial charge in [-0.1, -0.05) is 29.8 Å². The van der Waals surface area contributed by atoms with E-state index < -0.39 is 0 Å². The normalized spacial score (nSPS) is 13.9. The second-order valence-corrected chi connectivity index (χ2v) is 7.58. The highest BCUT2D eigenvalue weighted by molar-refractivity contribution is 5.92. The quantitative estimate of drug-likeness (QED) is 0.484. The van der Waals surface area contributed by atoms with Crippen LogP contribution in [0, 0.1) is 0 Å². The number of nitrogens with zero attached hydrogens (tertiary/aromatic N) is 1. The van der Waals surface area contributed by atoms with Crippen LogP contribution >= 0.6 is 0 Å². The van der Waals surface area contributed by atoms with Gasteiger partial charge in [0.2, 0.25) is 0 Å². The van der Waals surface area contributed by atoms with Crippen LogP contribution in [0.1, 0.15) is 48.2 Å². The summed E-state index contributed by atoms with van der Waals surface area (Å²) in [6, 6.07) is 11.9. The number of H-pyrrole nitrogens is 1. The number of carbonyl (C=O) groups excluding carboxylic acids is 1. The summed E-state index contributed by atoms with van der Waals surface area (Å²) in [4.78, 5) is 19.9. The van der Waals surface area contributed by atoms with E-state index in [9.17, 15) is 4.79 Å². The fourth-order valence-electron chi connectivity index (χ4n) is 3.87. The molecule has 0 atom stereocenters. The lowest BCUT2D eigenvalue weighted by molar-refractivity contribution is 0.0949. The lowest BCUT2D eigenvalue weighted by Gasteiger charge is -2.13. The smallest absolute Gasteiger partial charge is 0.269 e. The van der Waals surface area contributed by atoms with Gasteiger partial charge in [-0.05, 0) is 62.3 Å². The number of aromatic amines is 1. The van der Waals surface area contributed by atoms with Crippen LogP contribution in [0.25, 0.3) is 10.9 Å². The van der Waals surface area contributed by atoms with E-state index >= 15 is 0 Å². The van der Waals surface area contributed by atoms with E-state index in [1.165, 1.54) is 36.6 Å². The zero-order chi connectivity index (χ0) is 19.9. The number of nitrogens with one attached hydrogen (secondary N) is 3. The molecule has 0 saturated carbocycles. The highest BCUT2D eigenvalue weighted by Gasteiger charge is 2.08. The van der Waals surface area contributed by atoms with Gasteiger partial charge in [-0.3, -0.25) is 4.79 Å². The molecule has 3 aromatic rings. The van der Waals surface area contributed by atoms with Gasteiger partial charge in [0.25, 0.3) is 5.91 Å². The number of fused-ring (bicyclic) bond motifs is 1. The first-order valence-corrected chi connectivity index (χ1v) is 10.5. The van der Waals surface area contributed by atoms with Gasteiger partial charge in [0.05, 0.1) is 11.9 Å². The summed E-state index contributed by atoms with van der Waals surface area (Å²) in [7, 11) is 0. The molecule has 1 amide bonds. The van der Waals surface area contributed by atoms with E-state index in [0.29, 0.717) is 12.2 Å². The number of amides is 1. The summed E-state index contributed by atoms with van der Waals surface area (Å²) in [5.41, 5.74) is 5.30. The summed E-state index contributed by atoms with van der Waals surface area (Å²) in [5.74, 6) is -0.135. The first-order chi connectivity index (χ1) is 14.3. The van der Waals surface area contributed by atoms with Gasteiger partial charge in [-0.2, -0.15) is 0 Å². The third-order valence-electron chi connectivity index (χ3n) is 5.51. The van der Waals surface area contributed by atoms with Gasteiger partial charge in [-0.25, -0.2) is 4.98 Å². The van der Waals surface area contributed by atoms with Gasteiger partial charge in [0.1, 0.15) is 5.69 Å². The summed E-state index contributed by atoms with van der Waals surface area (Å²) < 4.78 is 0. The van der Waals surface area contributed by atoms with Crippen LogP contribution in [-0.4, -0.2) is 29.0 Å². The Balaban J connectivity index is 1.23. The molecular weight excluding hydrogens is 360 g/mol. The Hall–Kier alpha value is -3.08. The molecular formula is C24H28N4O. The van der Waals surface area contributed by atoms with Gasteiger partial charge < -0.3 is 15.6 Å². The van der Waals surface area contributed by atoms with E-state index in [0.717, 1.165) is 30.6 Å². The molecule has 2 heterocycles. The summed E-state index contributed by atoms with van der Waals surface area (Å²) >= 11 is 0. The molecule has 150 valence electrons. The largest absolute Gasteiger partial charge is 0.383 e. The zero-order valence-electron chi connectivity index (χ0n) is 16.7. The predicted octanol–water partition coefficient (Wildman–Crippen LogP) is 4.84. The molecule has 1 aromatic carbocycles. The third kappa shape index (κ3) is 5.05. The molecule has 5 heteroatoms. The topological polar surface area (TPSA) is 69.8 Å². The molecule has 0 saturated heterocycles. The molecule has 2 aromatic heterocycles. The van der Waals surface area contributed by atoms with E-state index in [4.69, 9.17) is 0 Å². The molecule has 0 bridgehead atoms. The standard InChI is InChI=1S/C24H28N4O/c29-24(26-15-13-19-16-27-22-9-5-4-8-21(19)22)23-11-10-20(17-28-23)25-14-12-18-6-2-1-3-7-18/h4-6,8-11,16-17,25,27H,1-3,7,12-15H2,(H,26,29). The van der Waals surface area contributed by atoms with Crippen LogP contribution < -0.4 is 10.6 Å². The molecule has 5 nitrogen and oxygen atoms in total. The van der Waals surface area contributed by atoms with Gasteiger partial charge >= 0.3 is 0 Å². The van der Waals surface area contributed by atoms with Crippen LogP contribution in [0.2, 0.25) is 0 Å². The second-order valence-electron chi connectivity index (χ2n) is 7.58. The molecule has 0 spiro atoms. The van der Waals surface area contributed by atoms with Gasteiger partial charge in [0.15, 0.2) is 0 Å². The van der Waals surface area contributed by atoms with E-state index in [2.05, 4.69) is 38.8 Å². The molecule has 0 aliphatic heterocycles. The molecule has 1 aliphatic carbocycles. The SMILES string of the molecule is O=C(NCCc1c[nH]c2ccccc12)c1ccc(NCCC2=CCCCC2)cn1.